The molecule has 0 saturated heterocycles. The maximum atomic E-state index is 4.83. The molecule has 1 aromatic carbocycles. The highest BCUT2D eigenvalue weighted by Crippen LogP contribution is 2.31. The third kappa shape index (κ3) is 3.30. The van der Waals surface area contributed by atoms with Crippen LogP contribution in [0.3, 0.4) is 0 Å². The fraction of sp³-hybridized carbons (Fsp3) is 0.438. The minimum Gasteiger partial charge on any atom is -0.307 e. The molecule has 0 bridgehead atoms. The van der Waals surface area contributed by atoms with Crippen LogP contribution in [0.2, 0.25) is 0 Å². The molecule has 4 heteroatoms. The van der Waals surface area contributed by atoms with Crippen molar-refractivity contribution in [3.63, 3.8) is 0 Å². The normalized spacial score (nSPS) is 13.5. The minimum absolute atomic E-state index is 0.0999. The number of nitrogens with one attached hydrogen (secondary N) is 1. The SMILES string of the molecule is CNC(c1ccc(Br)c(C)c1)c1nc(C(C)(C)C)cs1. The Morgan fingerprint density at radius 3 is 2.50 bits per heavy atom. The van der Waals surface area contributed by atoms with Crippen molar-refractivity contribution in [2.75, 3.05) is 7.05 Å². The molecule has 0 aliphatic heterocycles. The molecule has 1 heterocycles. The van der Waals surface area contributed by atoms with E-state index >= 15 is 0 Å². The molecule has 0 aliphatic carbocycles. The van der Waals surface area contributed by atoms with Crippen molar-refractivity contribution in [2.24, 2.45) is 0 Å². The summed E-state index contributed by atoms with van der Waals surface area (Å²) in [6.45, 7) is 8.71. The van der Waals surface area contributed by atoms with Crippen molar-refractivity contribution in [3.05, 3.63) is 49.9 Å². The van der Waals surface area contributed by atoms with Gasteiger partial charge in [0.15, 0.2) is 0 Å². The first-order valence-corrected chi connectivity index (χ1v) is 8.39. The Morgan fingerprint density at radius 2 is 2.00 bits per heavy atom. The zero-order valence-electron chi connectivity index (χ0n) is 12.6. The number of aryl methyl sites for hydroxylation is 1. The summed E-state index contributed by atoms with van der Waals surface area (Å²) in [4.78, 5) is 4.83. The van der Waals surface area contributed by atoms with Crippen LogP contribution in [0.5, 0.6) is 0 Å². The van der Waals surface area contributed by atoms with E-state index in [1.165, 1.54) is 11.1 Å². The van der Waals surface area contributed by atoms with Crippen molar-refractivity contribution in [2.45, 2.75) is 39.2 Å². The van der Waals surface area contributed by atoms with E-state index in [9.17, 15) is 0 Å². The monoisotopic (exact) mass is 352 g/mol. The van der Waals surface area contributed by atoms with Crippen molar-refractivity contribution in [1.82, 2.24) is 10.3 Å². The van der Waals surface area contributed by atoms with E-state index < -0.39 is 0 Å². The molecule has 0 fully saturated rings. The van der Waals surface area contributed by atoms with Gasteiger partial charge in [-0.15, -0.1) is 11.3 Å². The van der Waals surface area contributed by atoms with Crippen LogP contribution < -0.4 is 5.32 Å². The minimum atomic E-state index is 0.0999. The number of benzene rings is 1. The van der Waals surface area contributed by atoms with Crippen molar-refractivity contribution < 1.29 is 0 Å². The van der Waals surface area contributed by atoms with Crippen molar-refractivity contribution >= 4 is 27.3 Å². The summed E-state index contributed by atoms with van der Waals surface area (Å²) in [5.41, 5.74) is 3.76. The Balaban J connectivity index is 2.37. The van der Waals surface area contributed by atoms with Crippen LogP contribution in [0.15, 0.2) is 28.1 Å². The van der Waals surface area contributed by atoms with Crippen LogP contribution >= 0.6 is 27.3 Å². The second-order valence-electron chi connectivity index (χ2n) is 6.05. The number of hydrogen-bond donors (Lipinski definition) is 1. The second-order valence-corrected chi connectivity index (χ2v) is 7.80. The van der Waals surface area contributed by atoms with Gasteiger partial charge in [-0.3, -0.25) is 0 Å². The number of hydrogen-bond acceptors (Lipinski definition) is 3. The molecule has 0 radical (unpaired) electrons. The summed E-state index contributed by atoms with van der Waals surface area (Å²) in [5, 5.41) is 6.67. The quantitative estimate of drug-likeness (QED) is 0.856. The van der Waals surface area contributed by atoms with Gasteiger partial charge in [0.1, 0.15) is 5.01 Å². The second kappa shape index (κ2) is 5.96. The van der Waals surface area contributed by atoms with Gasteiger partial charge in [-0.1, -0.05) is 48.8 Å². The third-order valence-corrected chi connectivity index (χ3v) is 5.14. The Kier molecular flexibility index (Phi) is 4.67. The lowest BCUT2D eigenvalue weighted by molar-refractivity contribution is 0.566. The molecule has 0 saturated carbocycles. The van der Waals surface area contributed by atoms with Gasteiger partial charge >= 0.3 is 0 Å². The maximum absolute atomic E-state index is 4.83. The molecule has 1 unspecified atom stereocenters. The zero-order chi connectivity index (χ0) is 14.9. The van der Waals surface area contributed by atoms with Gasteiger partial charge in [-0.05, 0) is 31.2 Å². The number of thiazole rings is 1. The number of rotatable bonds is 3. The van der Waals surface area contributed by atoms with E-state index in [4.69, 9.17) is 4.98 Å². The maximum Gasteiger partial charge on any atom is 0.114 e. The van der Waals surface area contributed by atoms with Crippen LogP contribution in [0.4, 0.5) is 0 Å². The average Bonchev–Trinajstić information content (AvgIpc) is 2.84. The smallest absolute Gasteiger partial charge is 0.114 e. The predicted octanol–water partition coefficient (Wildman–Crippen LogP) is 4.82. The van der Waals surface area contributed by atoms with Crippen LogP contribution in [-0.2, 0) is 5.41 Å². The molecule has 0 spiro atoms. The van der Waals surface area contributed by atoms with Gasteiger partial charge in [0.2, 0.25) is 0 Å². The topological polar surface area (TPSA) is 24.9 Å². The summed E-state index contributed by atoms with van der Waals surface area (Å²) in [6.07, 6.45) is 0. The van der Waals surface area contributed by atoms with Gasteiger partial charge in [0.05, 0.1) is 11.7 Å². The van der Waals surface area contributed by atoms with Crippen LogP contribution in [0, 0.1) is 6.92 Å². The summed E-state index contributed by atoms with van der Waals surface area (Å²) in [5.74, 6) is 0. The van der Waals surface area contributed by atoms with Gasteiger partial charge in [0, 0.05) is 15.3 Å². The molecular formula is C16H21BrN2S. The largest absolute Gasteiger partial charge is 0.307 e. The Morgan fingerprint density at radius 1 is 1.30 bits per heavy atom. The lowest BCUT2D eigenvalue weighted by atomic mass is 9.93. The highest BCUT2D eigenvalue weighted by Gasteiger charge is 2.21. The van der Waals surface area contributed by atoms with Gasteiger partial charge in [-0.25, -0.2) is 4.98 Å². The van der Waals surface area contributed by atoms with Crippen molar-refractivity contribution in [1.29, 1.82) is 0 Å². The Bertz CT molecular complexity index is 599. The summed E-state index contributed by atoms with van der Waals surface area (Å²) < 4.78 is 1.14. The first-order chi connectivity index (χ1) is 9.32. The predicted molar refractivity (Wildman–Crippen MR) is 90.6 cm³/mol. The van der Waals surface area contributed by atoms with Crippen LogP contribution in [-0.4, -0.2) is 12.0 Å². The lowest BCUT2D eigenvalue weighted by Crippen LogP contribution is -2.18. The molecule has 0 aliphatic rings. The fourth-order valence-corrected chi connectivity index (χ4v) is 3.47. The van der Waals surface area contributed by atoms with E-state index in [2.05, 4.69) is 72.5 Å². The van der Waals surface area contributed by atoms with E-state index in [0.717, 1.165) is 15.2 Å². The highest BCUT2D eigenvalue weighted by molar-refractivity contribution is 9.10. The Hall–Kier alpha value is -0.710. The molecule has 2 aromatic rings. The highest BCUT2D eigenvalue weighted by atomic mass is 79.9. The average molecular weight is 353 g/mol. The van der Waals surface area contributed by atoms with E-state index in [-0.39, 0.29) is 11.5 Å². The first-order valence-electron chi connectivity index (χ1n) is 6.72. The van der Waals surface area contributed by atoms with E-state index in [0.29, 0.717) is 0 Å². The Labute approximate surface area is 133 Å². The van der Waals surface area contributed by atoms with Gasteiger partial charge in [0.25, 0.3) is 0 Å². The summed E-state index contributed by atoms with van der Waals surface area (Å²) in [6, 6.07) is 6.62. The molecule has 20 heavy (non-hydrogen) atoms. The number of halogens is 1. The first kappa shape index (κ1) is 15.7. The van der Waals surface area contributed by atoms with Crippen LogP contribution in [0.1, 0.15) is 48.6 Å². The van der Waals surface area contributed by atoms with Gasteiger partial charge < -0.3 is 5.32 Å². The lowest BCUT2D eigenvalue weighted by Gasteiger charge is -2.17. The summed E-state index contributed by atoms with van der Waals surface area (Å²) in [7, 11) is 1.99. The van der Waals surface area contributed by atoms with E-state index in [1.54, 1.807) is 11.3 Å². The summed E-state index contributed by atoms with van der Waals surface area (Å²) >= 11 is 5.28. The molecule has 1 N–H and O–H groups in total. The molecule has 0 amide bonds. The number of nitrogens with zero attached hydrogens (tertiary/aromatic N) is 1. The zero-order valence-corrected chi connectivity index (χ0v) is 15.0. The molecule has 108 valence electrons. The molecular weight excluding hydrogens is 332 g/mol. The standard InChI is InChI=1S/C16H21BrN2S/c1-10-8-11(6-7-12(10)17)14(18-5)15-19-13(9-20-15)16(2,3)4/h6-9,14,18H,1-5H3. The van der Waals surface area contributed by atoms with Gasteiger partial charge in [-0.2, -0.15) is 0 Å². The molecule has 2 nitrogen and oxygen atoms in total. The van der Waals surface area contributed by atoms with Crippen LogP contribution in [0.25, 0.3) is 0 Å². The number of aromatic nitrogens is 1. The third-order valence-electron chi connectivity index (χ3n) is 3.34. The fourth-order valence-electron chi connectivity index (χ4n) is 2.04. The molecule has 2 rings (SSSR count). The van der Waals surface area contributed by atoms with E-state index in [1.807, 2.05) is 7.05 Å². The molecule has 1 aromatic heterocycles. The van der Waals surface area contributed by atoms with Crippen molar-refractivity contribution in [3.8, 4) is 0 Å². The molecule has 1 atom stereocenters.